The summed E-state index contributed by atoms with van der Waals surface area (Å²) in [6, 6.07) is 23.7. The van der Waals surface area contributed by atoms with Crippen LogP contribution in [0, 0.1) is 0 Å². The first-order valence-electron chi connectivity index (χ1n) is 14.6. The van der Waals surface area contributed by atoms with Crippen molar-refractivity contribution >= 4 is 17.9 Å². The van der Waals surface area contributed by atoms with Crippen LogP contribution < -0.4 is 9.47 Å². The van der Waals surface area contributed by atoms with Crippen molar-refractivity contribution in [1.82, 2.24) is 0 Å². The Morgan fingerprint density at radius 2 is 1.31 bits per heavy atom. The van der Waals surface area contributed by atoms with Crippen molar-refractivity contribution in [2.24, 2.45) is 0 Å². The van der Waals surface area contributed by atoms with Gasteiger partial charge in [0.05, 0.1) is 24.3 Å². The predicted octanol–water partition coefficient (Wildman–Crippen LogP) is 7.46. The fourth-order valence-corrected chi connectivity index (χ4v) is 4.95. The third-order valence-corrected chi connectivity index (χ3v) is 7.33. The minimum absolute atomic E-state index is 0.101. The second-order valence-corrected chi connectivity index (χ2v) is 10.4. The summed E-state index contributed by atoms with van der Waals surface area (Å²) >= 11 is 0. The first-order chi connectivity index (χ1) is 20.5. The largest absolute Gasteiger partial charge is 0.494 e. The molecule has 7 heteroatoms. The van der Waals surface area contributed by atoms with Crippen molar-refractivity contribution in [2.75, 3.05) is 13.2 Å². The Balaban J connectivity index is 1.12. The highest BCUT2D eigenvalue weighted by Crippen LogP contribution is 2.35. The molecule has 0 N–H and O–H groups in total. The molecule has 1 aliphatic carbocycles. The smallest absolute Gasteiger partial charge is 0.343 e. The highest BCUT2D eigenvalue weighted by Gasteiger charge is 2.25. The average Bonchev–Trinajstić information content (AvgIpc) is 3.03. The summed E-state index contributed by atoms with van der Waals surface area (Å²) in [4.78, 5) is 36.0. The maximum atomic E-state index is 12.7. The molecule has 42 heavy (non-hydrogen) atoms. The Labute approximate surface area is 247 Å². The number of benzene rings is 3. The molecule has 1 saturated carbocycles. The van der Waals surface area contributed by atoms with E-state index in [1.54, 1.807) is 48.5 Å². The molecule has 0 spiro atoms. The lowest BCUT2D eigenvalue weighted by Crippen LogP contribution is -2.24. The molecule has 0 saturated heterocycles. The van der Waals surface area contributed by atoms with Crippen molar-refractivity contribution < 1.29 is 33.3 Å². The summed E-state index contributed by atoms with van der Waals surface area (Å²) < 4.78 is 22.0. The van der Waals surface area contributed by atoms with Crippen LogP contribution in [0.2, 0.25) is 0 Å². The van der Waals surface area contributed by atoms with E-state index in [0.717, 1.165) is 51.4 Å². The molecule has 0 aromatic heterocycles. The second kappa shape index (κ2) is 16.2. The molecule has 0 bridgehead atoms. The third kappa shape index (κ3) is 9.61. The molecule has 0 heterocycles. The summed E-state index contributed by atoms with van der Waals surface area (Å²) in [5, 5.41) is 0. The maximum Gasteiger partial charge on any atom is 0.343 e. The second-order valence-electron chi connectivity index (χ2n) is 10.4. The van der Waals surface area contributed by atoms with Crippen LogP contribution in [0.3, 0.4) is 0 Å². The number of rotatable bonds is 14. The van der Waals surface area contributed by atoms with Gasteiger partial charge in [-0.2, -0.15) is 0 Å². The Hall–Kier alpha value is -4.39. The van der Waals surface area contributed by atoms with Gasteiger partial charge in [-0.3, -0.25) is 0 Å². The molecule has 0 unspecified atom stereocenters. The third-order valence-electron chi connectivity index (χ3n) is 7.33. The van der Waals surface area contributed by atoms with Gasteiger partial charge in [0.15, 0.2) is 0 Å². The number of carbonyl (C=O) groups is 3. The van der Waals surface area contributed by atoms with E-state index < -0.39 is 0 Å². The standard InChI is InChI=1S/C35H38O7/c1-2-33(36)40-25-9-4-3-8-24-39-30-18-16-29(17-19-30)35(38)42-32-22-14-27(15-23-32)26-12-20-31(21-13-26)41-34(37)28-10-6-5-7-11-28/h2,5-7,10-13,16-21,27,32H,1,3-4,8-9,14-15,22-25H2. The lowest BCUT2D eigenvalue weighted by Gasteiger charge is -2.28. The van der Waals surface area contributed by atoms with Gasteiger partial charge in [-0.1, -0.05) is 36.9 Å². The van der Waals surface area contributed by atoms with Crippen molar-refractivity contribution in [1.29, 1.82) is 0 Å². The van der Waals surface area contributed by atoms with E-state index in [1.165, 1.54) is 11.6 Å². The van der Waals surface area contributed by atoms with Crippen molar-refractivity contribution in [3.63, 3.8) is 0 Å². The molecule has 0 aliphatic heterocycles. The monoisotopic (exact) mass is 570 g/mol. The summed E-state index contributed by atoms with van der Waals surface area (Å²) in [6.45, 7) is 4.36. The molecular weight excluding hydrogens is 532 g/mol. The van der Waals surface area contributed by atoms with Crippen LogP contribution in [-0.2, 0) is 14.3 Å². The number of hydrogen-bond acceptors (Lipinski definition) is 7. The van der Waals surface area contributed by atoms with Gasteiger partial charge >= 0.3 is 17.9 Å². The van der Waals surface area contributed by atoms with Gasteiger partial charge < -0.3 is 18.9 Å². The molecular formula is C35H38O7. The van der Waals surface area contributed by atoms with Gasteiger partial charge in [0.25, 0.3) is 0 Å². The van der Waals surface area contributed by atoms with Crippen molar-refractivity contribution in [2.45, 2.75) is 63.4 Å². The van der Waals surface area contributed by atoms with Crippen LogP contribution in [0.1, 0.15) is 83.6 Å². The van der Waals surface area contributed by atoms with Crippen LogP contribution in [0.5, 0.6) is 11.5 Å². The topological polar surface area (TPSA) is 88.1 Å². The number of unbranched alkanes of at least 4 members (excludes halogenated alkanes) is 3. The highest BCUT2D eigenvalue weighted by atomic mass is 16.5. The van der Waals surface area contributed by atoms with E-state index in [0.29, 0.717) is 41.8 Å². The van der Waals surface area contributed by atoms with E-state index in [9.17, 15) is 14.4 Å². The minimum Gasteiger partial charge on any atom is -0.494 e. The maximum absolute atomic E-state index is 12.7. The Kier molecular flexibility index (Phi) is 11.8. The van der Waals surface area contributed by atoms with Crippen LogP contribution in [0.15, 0.2) is 91.5 Å². The van der Waals surface area contributed by atoms with Crippen LogP contribution in [-0.4, -0.2) is 37.2 Å². The summed E-state index contributed by atoms with van der Waals surface area (Å²) in [5.74, 6) is 0.543. The zero-order chi connectivity index (χ0) is 29.6. The van der Waals surface area contributed by atoms with E-state index in [4.69, 9.17) is 18.9 Å². The fraction of sp³-hybridized carbons (Fsp3) is 0.343. The SMILES string of the molecule is C=CC(=O)OCCCCCCOc1ccc(C(=O)OC2CCC(c3ccc(OC(=O)c4ccccc4)cc3)CC2)cc1. The average molecular weight is 571 g/mol. The molecule has 4 rings (SSSR count). The lowest BCUT2D eigenvalue weighted by atomic mass is 9.83. The van der Waals surface area contributed by atoms with Crippen LogP contribution >= 0.6 is 0 Å². The van der Waals surface area contributed by atoms with Gasteiger partial charge in [0.2, 0.25) is 0 Å². The van der Waals surface area contributed by atoms with Crippen molar-refractivity contribution in [3.05, 3.63) is 108 Å². The van der Waals surface area contributed by atoms with Gasteiger partial charge in [-0.15, -0.1) is 0 Å². The molecule has 3 aromatic rings. The normalized spacial score (nSPS) is 16.2. The van der Waals surface area contributed by atoms with E-state index in [-0.39, 0.29) is 24.0 Å². The first-order valence-corrected chi connectivity index (χ1v) is 14.6. The van der Waals surface area contributed by atoms with E-state index >= 15 is 0 Å². The summed E-state index contributed by atoms with van der Waals surface area (Å²) in [5.41, 5.74) is 2.23. The Morgan fingerprint density at radius 1 is 0.690 bits per heavy atom. The fourth-order valence-electron chi connectivity index (χ4n) is 4.95. The molecule has 0 radical (unpaired) electrons. The Bertz CT molecular complexity index is 1290. The lowest BCUT2D eigenvalue weighted by molar-refractivity contribution is -0.137. The molecule has 0 amide bonds. The number of hydrogen-bond donors (Lipinski definition) is 0. The minimum atomic E-state index is -0.387. The molecule has 1 aliphatic rings. The van der Waals surface area contributed by atoms with Crippen LogP contribution in [0.25, 0.3) is 0 Å². The van der Waals surface area contributed by atoms with Gasteiger partial charge in [0.1, 0.15) is 17.6 Å². The predicted molar refractivity (Wildman–Crippen MR) is 160 cm³/mol. The summed E-state index contributed by atoms with van der Waals surface area (Å²) in [6.07, 6.45) is 8.18. The summed E-state index contributed by atoms with van der Waals surface area (Å²) in [7, 11) is 0. The molecule has 3 aromatic carbocycles. The molecule has 220 valence electrons. The zero-order valence-electron chi connectivity index (χ0n) is 23.9. The van der Waals surface area contributed by atoms with Crippen LogP contribution in [0.4, 0.5) is 0 Å². The zero-order valence-corrected chi connectivity index (χ0v) is 23.9. The quantitative estimate of drug-likeness (QED) is 0.0860. The van der Waals surface area contributed by atoms with Gasteiger partial charge in [0, 0.05) is 6.08 Å². The van der Waals surface area contributed by atoms with E-state index in [2.05, 4.69) is 6.58 Å². The number of esters is 3. The van der Waals surface area contributed by atoms with Gasteiger partial charge in [-0.05, 0) is 111 Å². The van der Waals surface area contributed by atoms with Crippen molar-refractivity contribution in [3.8, 4) is 11.5 Å². The molecule has 7 nitrogen and oxygen atoms in total. The first kappa shape index (κ1) is 30.6. The Morgan fingerprint density at radius 3 is 1.98 bits per heavy atom. The molecule has 1 fully saturated rings. The molecule has 0 atom stereocenters. The highest BCUT2D eigenvalue weighted by molar-refractivity contribution is 5.91. The number of ether oxygens (including phenoxy) is 4. The number of carbonyl (C=O) groups excluding carboxylic acids is 3. The van der Waals surface area contributed by atoms with E-state index in [1.807, 2.05) is 30.3 Å². The van der Waals surface area contributed by atoms with Gasteiger partial charge in [-0.25, -0.2) is 14.4 Å².